The van der Waals surface area contributed by atoms with Gasteiger partial charge in [0.25, 0.3) is 5.69 Å². The second-order valence-corrected chi connectivity index (χ2v) is 6.37. The Labute approximate surface area is 178 Å². The second-order valence-electron chi connectivity index (χ2n) is 6.37. The standard InChI is InChI=1S/C23H19NO7/c1-15(29-2)22(23(25)26)20-8-3-4-9-21(20)31-19-7-5-6-18(14-19)30-17-12-10-16(11-13-17)24(27)28/h3-14H,1-2H3,(H,25,26). The van der Waals surface area contributed by atoms with E-state index in [0.717, 1.165) is 0 Å². The Morgan fingerprint density at radius 1 is 0.903 bits per heavy atom. The maximum absolute atomic E-state index is 11.8. The van der Waals surface area contributed by atoms with E-state index >= 15 is 0 Å². The number of non-ortho nitro benzene ring substituents is 1. The average molecular weight is 421 g/mol. The van der Waals surface area contributed by atoms with Crippen molar-refractivity contribution in [3.63, 3.8) is 0 Å². The Kier molecular flexibility index (Phi) is 6.51. The number of rotatable bonds is 8. The summed E-state index contributed by atoms with van der Waals surface area (Å²) >= 11 is 0. The minimum Gasteiger partial charge on any atom is -0.500 e. The summed E-state index contributed by atoms with van der Waals surface area (Å²) in [5, 5.41) is 20.4. The van der Waals surface area contributed by atoms with E-state index < -0.39 is 10.9 Å². The fourth-order valence-electron chi connectivity index (χ4n) is 2.82. The molecule has 0 unspecified atom stereocenters. The third kappa shape index (κ3) is 5.18. The number of hydrogen-bond donors (Lipinski definition) is 1. The van der Waals surface area contributed by atoms with Crippen LogP contribution in [0.25, 0.3) is 5.57 Å². The molecule has 0 aliphatic heterocycles. The summed E-state index contributed by atoms with van der Waals surface area (Å²) in [6.45, 7) is 1.57. The van der Waals surface area contributed by atoms with Gasteiger partial charge in [-0.2, -0.15) is 0 Å². The van der Waals surface area contributed by atoms with Crippen LogP contribution in [0, 0.1) is 10.1 Å². The molecule has 0 aliphatic carbocycles. The summed E-state index contributed by atoms with van der Waals surface area (Å²) < 4.78 is 16.8. The molecule has 0 radical (unpaired) electrons. The quantitative estimate of drug-likeness (QED) is 0.217. The molecule has 31 heavy (non-hydrogen) atoms. The van der Waals surface area contributed by atoms with Crippen LogP contribution in [0.4, 0.5) is 5.69 Å². The SMILES string of the molecule is COC(C)=C(C(=O)O)c1ccccc1Oc1cccc(Oc2ccc([N+](=O)[O-])cc2)c1. The summed E-state index contributed by atoms with van der Waals surface area (Å²) in [4.78, 5) is 22.1. The lowest BCUT2D eigenvalue weighted by atomic mass is 10.0. The van der Waals surface area contributed by atoms with Gasteiger partial charge in [0.15, 0.2) is 0 Å². The van der Waals surface area contributed by atoms with Crippen molar-refractivity contribution in [3.8, 4) is 23.0 Å². The minimum atomic E-state index is -1.13. The number of nitro groups is 1. The van der Waals surface area contributed by atoms with Crippen molar-refractivity contribution in [3.05, 3.63) is 94.2 Å². The van der Waals surface area contributed by atoms with E-state index in [4.69, 9.17) is 14.2 Å². The van der Waals surface area contributed by atoms with E-state index in [-0.39, 0.29) is 17.0 Å². The van der Waals surface area contributed by atoms with Crippen molar-refractivity contribution < 1.29 is 29.0 Å². The third-order valence-corrected chi connectivity index (χ3v) is 4.35. The number of ether oxygens (including phenoxy) is 3. The molecule has 1 N–H and O–H groups in total. The van der Waals surface area contributed by atoms with Gasteiger partial charge in [0.1, 0.15) is 34.3 Å². The van der Waals surface area contributed by atoms with Crippen LogP contribution in [-0.2, 0) is 9.53 Å². The summed E-state index contributed by atoms with van der Waals surface area (Å²) in [5.41, 5.74) is 0.335. The summed E-state index contributed by atoms with van der Waals surface area (Å²) in [6.07, 6.45) is 0. The number of carboxylic acids is 1. The van der Waals surface area contributed by atoms with Gasteiger partial charge in [0.05, 0.1) is 12.0 Å². The van der Waals surface area contributed by atoms with E-state index in [2.05, 4.69) is 0 Å². The van der Waals surface area contributed by atoms with E-state index in [9.17, 15) is 20.0 Å². The van der Waals surface area contributed by atoms with Crippen molar-refractivity contribution in [2.75, 3.05) is 7.11 Å². The molecule has 8 nitrogen and oxygen atoms in total. The molecule has 3 aromatic carbocycles. The molecule has 0 amide bonds. The van der Waals surface area contributed by atoms with Crippen LogP contribution >= 0.6 is 0 Å². The molecule has 0 spiro atoms. The second kappa shape index (κ2) is 9.45. The Bertz CT molecular complexity index is 1140. The van der Waals surface area contributed by atoms with Gasteiger partial charge in [-0.15, -0.1) is 0 Å². The fraction of sp³-hybridized carbons (Fsp3) is 0.0870. The summed E-state index contributed by atoms with van der Waals surface area (Å²) in [5.74, 6) is 0.751. The summed E-state index contributed by atoms with van der Waals surface area (Å²) in [6, 6.07) is 19.2. The Morgan fingerprint density at radius 2 is 1.55 bits per heavy atom. The minimum absolute atomic E-state index is 0.00335. The first-order valence-corrected chi connectivity index (χ1v) is 9.17. The van der Waals surface area contributed by atoms with Crippen LogP contribution in [0.3, 0.4) is 0 Å². The van der Waals surface area contributed by atoms with Crippen molar-refractivity contribution in [1.82, 2.24) is 0 Å². The predicted molar refractivity (Wildman–Crippen MR) is 113 cm³/mol. The van der Waals surface area contributed by atoms with Crippen LogP contribution in [0.15, 0.2) is 78.6 Å². The monoisotopic (exact) mass is 421 g/mol. The van der Waals surface area contributed by atoms with Gasteiger partial charge in [-0.3, -0.25) is 10.1 Å². The van der Waals surface area contributed by atoms with E-state index in [1.807, 2.05) is 0 Å². The highest BCUT2D eigenvalue weighted by Crippen LogP contribution is 2.34. The maximum atomic E-state index is 11.8. The smallest absolute Gasteiger partial charge is 0.339 e. The zero-order valence-corrected chi connectivity index (χ0v) is 16.8. The molecule has 0 saturated carbocycles. The van der Waals surface area contributed by atoms with E-state index in [1.54, 1.807) is 55.5 Å². The van der Waals surface area contributed by atoms with Gasteiger partial charge < -0.3 is 19.3 Å². The maximum Gasteiger partial charge on any atom is 0.339 e. The van der Waals surface area contributed by atoms with Crippen LogP contribution in [0.1, 0.15) is 12.5 Å². The van der Waals surface area contributed by atoms with Gasteiger partial charge in [0, 0.05) is 23.8 Å². The Balaban J connectivity index is 1.87. The van der Waals surface area contributed by atoms with Crippen molar-refractivity contribution in [1.29, 1.82) is 0 Å². The third-order valence-electron chi connectivity index (χ3n) is 4.35. The molecule has 0 bridgehead atoms. The largest absolute Gasteiger partial charge is 0.500 e. The zero-order valence-electron chi connectivity index (χ0n) is 16.8. The molecular weight excluding hydrogens is 402 g/mol. The van der Waals surface area contributed by atoms with Gasteiger partial charge in [-0.25, -0.2) is 4.79 Å². The molecule has 3 rings (SSSR count). The number of nitrogens with zero attached hydrogens (tertiary/aromatic N) is 1. The Morgan fingerprint density at radius 3 is 2.16 bits per heavy atom. The normalized spacial score (nSPS) is 11.3. The number of methoxy groups -OCH3 is 1. The molecular formula is C23H19NO7. The number of aliphatic carboxylic acids is 1. The molecule has 0 fully saturated rings. The molecule has 0 heterocycles. The lowest BCUT2D eigenvalue weighted by molar-refractivity contribution is -0.384. The lowest BCUT2D eigenvalue weighted by Crippen LogP contribution is -2.05. The number of allylic oxidation sites excluding steroid dienone is 1. The van der Waals surface area contributed by atoms with Crippen molar-refractivity contribution in [2.24, 2.45) is 0 Å². The molecule has 8 heteroatoms. The Hall–Kier alpha value is -4.33. The fourth-order valence-corrected chi connectivity index (χ4v) is 2.82. The van der Waals surface area contributed by atoms with Gasteiger partial charge in [-0.1, -0.05) is 24.3 Å². The van der Waals surface area contributed by atoms with Gasteiger partial charge in [0.2, 0.25) is 0 Å². The predicted octanol–water partition coefficient (Wildman–Crippen LogP) is 5.64. The summed E-state index contributed by atoms with van der Waals surface area (Å²) in [7, 11) is 1.40. The van der Waals surface area contributed by atoms with Crippen LogP contribution in [-0.4, -0.2) is 23.1 Å². The highest BCUT2D eigenvalue weighted by atomic mass is 16.6. The zero-order chi connectivity index (χ0) is 22.4. The number of nitro benzene ring substituents is 1. The molecule has 158 valence electrons. The number of benzene rings is 3. The van der Waals surface area contributed by atoms with E-state index in [1.165, 1.54) is 31.4 Å². The van der Waals surface area contributed by atoms with Crippen LogP contribution in [0.2, 0.25) is 0 Å². The van der Waals surface area contributed by atoms with E-state index in [0.29, 0.717) is 28.6 Å². The van der Waals surface area contributed by atoms with Gasteiger partial charge >= 0.3 is 5.97 Å². The first-order chi connectivity index (χ1) is 14.9. The number of carboxylic acid groups (broad SMARTS) is 1. The molecule has 0 atom stereocenters. The van der Waals surface area contributed by atoms with Crippen molar-refractivity contribution in [2.45, 2.75) is 6.92 Å². The van der Waals surface area contributed by atoms with Crippen molar-refractivity contribution >= 4 is 17.2 Å². The topological polar surface area (TPSA) is 108 Å². The number of carbonyl (C=O) groups is 1. The first kappa shape index (κ1) is 21.4. The molecule has 0 aliphatic rings. The number of hydrogen-bond acceptors (Lipinski definition) is 6. The van der Waals surface area contributed by atoms with Crippen LogP contribution < -0.4 is 9.47 Å². The molecule has 0 saturated heterocycles. The highest BCUT2D eigenvalue weighted by molar-refractivity contribution is 6.16. The number of para-hydroxylation sites is 1. The highest BCUT2D eigenvalue weighted by Gasteiger charge is 2.19. The molecule has 3 aromatic rings. The average Bonchev–Trinajstić information content (AvgIpc) is 2.75. The molecule has 0 aromatic heterocycles. The first-order valence-electron chi connectivity index (χ1n) is 9.17. The van der Waals surface area contributed by atoms with Crippen LogP contribution in [0.5, 0.6) is 23.0 Å². The lowest BCUT2D eigenvalue weighted by Gasteiger charge is -2.14. The van der Waals surface area contributed by atoms with Gasteiger partial charge in [-0.05, 0) is 37.3 Å².